The van der Waals surface area contributed by atoms with E-state index in [-0.39, 0.29) is 5.54 Å². The number of H-pyrrole nitrogens is 1. The van der Waals surface area contributed by atoms with E-state index in [2.05, 4.69) is 41.1 Å². The maximum Gasteiger partial charge on any atom is 0.0921 e. The Bertz CT molecular complexity index is 304. The Hall–Kier alpha value is -0.870. The molecule has 4 heteroatoms. The van der Waals surface area contributed by atoms with Crippen LogP contribution in [0.1, 0.15) is 19.5 Å². The van der Waals surface area contributed by atoms with Gasteiger partial charge in [0.25, 0.3) is 0 Å². The fourth-order valence-electron chi connectivity index (χ4n) is 2.24. The van der Waals surface area contributed by atoms with Gasteiger partial charge in [-0.05, 0) is 20.9 Å². The van der Waals surface area contributed by atoms with Crippen molar-refractivity contribution in [3.8, 4) is 0 Å². The Kier molecular flexibility index (Phi) is 2.80. The van der Waals surface area contributed by atoms with Gasteiger partial charge in [-0.2, -0.15) is 0 Å². The Morgan fingerprint density at radius 3 is 3.00 bits per heavy atom. The molecule has 1 saturated heterocycles. The lowest BCUT2D eigenvalue weighted by Crippen LogP contribution is -2.60. The fraction of sp³-hybridized carbons (Fsp3) is 0.727. The van der Waals surface area contributed by atoms with E-state index in [1.165, 1.54) is 5.69 Å². The first kappa shape index (κ1) is 10.6. The van der Waals surface area contributed by atoms with Crippen LogP contribution < -0.4 is 5.32 Å². The highest BCUT2D eigenvalue weighted by atomic mass is 15.2. The molecule has 0 aromatic carbocycles. The molecule has 0 bridgehead atoms. The normalized spacial score (nSPS) is 26.7. The van der Waals surface area contributed by atoms with Crippen molar-refractivity contribution in [1.29, 1.82) is 0 Å². The highest BCUT2D eigenvalue weighted by Crippen LogP contribution is 2.15. The van der Waals surface area contributed by atoms with E-state index in [0.29, 0.717) is 6.04 Å². The first-order chi connectivity index (χ1) is 7.07. The topological polar surface area (TPSA) is 44.0 Å². The van der Waals surface area contributed by atoms with Crippen LogP contribution in [0.25, 0.3) is 0 Å². The molecule has 1 aromatic heterocycles. The Morgan fingerprint density at radius 2 is 2.40 bits per heavy atom. The largest absolute Gasteiger partial charge is 0.348 e. The Balaban J connectivity index is 1.95. The Labute approximate surface area is 91.1 Å². The summed E-state index contributed by atoms with van der Waals surface area (Å²) in [5.41, 5.74) is 1.45. The molecular weight excluding hydrogens is 188 g/mol. The van der Waals surface area contributed by atoms with Gasteiger partial charge in [-0.1, -0.05) is 0 Å². The van der Waals surface area contributed by atoms with Crippen LogP contribution >= 0.6 is 0 Å². The van der Waals surface area contributed by atoms with Crippen molar-refractivity contribution < 1.29 is 0 Å². The van der Waals surface area contributed by atoms with Crippen molar-refractivity contribution in [3.05, 3.63) is 18.2 Å². The molecule has 1 atom stereocenters. The summed E-state index contributed by atoms with van der Waals surface area (Å²) >= 11 is 0. The number of aromatic nitrogens is 2. The van der Waals surface area contributed by atoms with Crippen LogP contribution in [0, 0.1) is 0 Å². The standard InChI is InChI=1S/C11H20N4/c1-11(2)7-15(3)10(6-14-11)4-9-5-12-8-13-9/h5,8,10,14H,4,6-7H2,1-3H3,(H,12,13)/t10-/m0/s1. The minimum absolute atomic E-state index is 0.235. The summed E-state index contributed by atoms with van der Waals surface area (Å²) in [5, 5.41) is 3.58. The lowest BCUT2D eigenvalue weighted by molar-refractivity contribution is 0.122. The first-order valence-electron chi connectivity index (χ1n) is 5.49. The lowest BCUT2D eigenvalue weighted by Gasteiger charge is -2.42. The number of piperazine rings is 1. The van der Waals surface area contributed by atoms with E-state index in [0.717, 1.165) is 19.5 Å². The zero-order valence-electron chi connectivity index (χ0n) is 9.75. The van der Waals surface area contributed by atoms with Crippen LogP contribution in [-0.4, -0.2) is 46.6 Å². The molecule has 0 radical (unpaired) electrons. The number of nitrogens with zero attached hydrogens (tertiary/aromatic N) is 2. The maximum atomic E-state index is 4.05. The molecule has 1 fully saturated rings. The molecule has 2 N–H and O–H groups in total. The molecule has 0 saturated carbocycles. The van der Waals surface area contributed by atoms with Crippen molar-refractivity contribution in [2.24, 2.45) is 0 Å². The predicted molar refractivity (Wildman–Crippen MR) is 60.8 cm³/mol. The van der Waals surface area contributed by atoms with Gasteiger partial charge in [-0.25, -0.2) is 4.98 Å². The third kappa shape index (κ3) is 2.58. The number of likely N-dealkylation sites (N-methyl/N-ethyl adjacent to an activating group) is 1. The monoisotopic (exact) mass is 208 g/mol. The van der Waals surface area contributed by atoms with Crippen LogP contribution in [0.3, 0.4) is 0 Å². The van der Waals surface area contributed by atoms with Crippen LogP contribution in [0.2, 0.25) is 0 Å². The van der Waals surface area contributed by atoms with E-state index in [1.54, 1.807) is 6.33 Å². The second-order valence-corrected chi connectivity index (χ2v) is 5.11. The molecule has 1 aliphatic rings. The van der Waals surface area contributed by atoms with Gasteiger partial charge in [0.2, 0.25) is 0 Å². The quantitative estimate of drug-likeness (QED) is 0.749. The van der Waals surface area contributed by atoms with E-state index in [9.17, 15) is 0 Å². The molecule has 84 valence electrons. The molecular formula is C11H20N4. The van der Waals surface area contributed by atoms with Crippen molar-refractivity contribution in [3.63, 3.8) is 0 Å². The van der Waals surface area contributed by atoms with Gasteiger partial charge in [0.1, 0.15) is 0 Å². The molecule has 4 nitrogen and oxygen atoms in total. The van der Waals surface area contributed by atoms with Crippen molar-refractivity contribution in [1.82, 2.24) is 20.2 Å². The van der Waals surface area contributed by atoms with Gasteiger partial charge in [0.05, 0.1) is 6.33 Å². The van der Waals surface area contributed by atoms with Gasteiger partial charge in [0, 0.05) is 43.0 Å². The SMILES string of the molecule is CN1CC(C)(C)NC[C@@H]1Cc1cnc[nH]1. The summed E-state index contributed by atoms with van der Waals surface area (Å²) in [4.78, 5) is 9.63. The number of hydrogen-bond donors (Lipinski definition) is 2. The average Bonchev–Trinajstić information content (AvgIpc) is 2.61. The van der Waals surface area contributed by atoms with Crippen LogP contribution in [0.4, 0.5) is 0 Å². The maximum absolute atomic E-state index is 4.05. The van der Waals surface area contributed by atoms with E-state index >= 15 is 0 Å². The summed E-state index contributed by atoms with van der Waals surface area (Å²) in [6, 6.07) is 0.568. The van der Waals surface area contributed by atoms with Crippen LogP contribution in [0.15, 0.2) is 12.5 Å². The third-order valence-corrected chi connectivity index (χ3v) is 3.09. The molecule has 0 unspecified atom stereocenters. The third-order valence-electron chi connectivity index (χ3n) is 3.09. The van der Waals surface area contributed by atoms with Gasteiger partial charge < -0.3 is 10.3 Å². The van der Waals surface area contributed by atoms with Gasteiger partial charge in [-0.15, -0.1) is 0 Å². The minimum Gasteiger partial charge on any atom is -0.348 e. The van der Waals surface area contributed by atoms with Gasteiger partial charge >= 0.3 is 0 Å². The summed E-state index contributed by atoms with van der Waals surface area (Å²) < 4.78 is 0. The number of imidazole rings is 1. The van der Waals surface area contributed by atoms with Gasteiger partial charge in [0.15, 0.2) is 0 Å². The first-order valence-corrected chi connectivity index (χ1v) is 5.49. The summed E-state index contributed by atoms with van der Waals surface area (Å²) in [6.45, 7) is 6.63. The van der Waals surface area contributed by atoms with Crippen LogP contribution in [0.5, 0.6) is 0 Å². The average molecular weight is 208 g/mol. The molecule has 2 rings (SSSR count). The molecule has 0 aliphatic carbocycles. The molecule has 15 heavy (non-hydrogen) atoms. The van der Waals surface area contributed by atoms with Crippen molar-refractivity contribution in [2.45, 2.75) is 31.8 Å². The minimum atomic E-state index is 0.235. The number of hydrogen-bond acceptors (Lipinski definition) is 3. The second kappa shape index (κ2) is 3.94. The molecule has 1 aromatic rings. The lowest BCUT2D eigenvalue weighted by atomic mass is 9.97. The van der Waals surface area contributed by atoms with E-state index < -0.39 is 0 Å². The fourth-order valence-corrected chi connectivity index (χ4v) is 2.24. The number of rotatable bonds is 2. The number of aromatic amines is 1. The number of nitrogens with one attached hydrogen (secondary N) is 2. The van der Waals surface area contributed by atoms with E-state index in [4.69, 9.17) is 0 Å². The highest BCUT2D eigenvalue weighted by molar-refractivity contribution is 5.01. The van der Waals surface area contributed by atoms with Crippen LogP contribution in [-0.2, 0) is 6.42 Å². The van der Waals surface area contributed by atoms with Crippen molar-refractivity contribution >= 4 is 0 Å². The summed E-state index contributed by atoms with van der Waals surface area (Å²) in [5.74, 6) is 0. The predicted octanol–water partition coefficient (Wildman–Crippen LogP) is 0.634. The second-order valence-electron chi connectivity index (χ2n) is 5.11. The molecule has 0 amide bonds. The molecule has 2 heterocycles. The molecule has 0 spiro atoms. The zero-order chi connectivity index (χ0) is 10.9. The highest BCUT2D eigenvalue weighted by Gasteiger charge is 2.30. The van der Waals surface area contributed by atoms with E-state index in [1.807, 2.05) is 6.20 Å². The molecule has 1 aliphatic heterocycles. The Morgan fingerprint density at radius 1 is 1.60 bits per heavy atom. The van der Waals surface area contributed by atoms with Gasteiger partial charge in [-0.3, -0.25) is 4.90 Å². The smallest absolute Gasteiger partial charge is 0.0921 e. The zero-order valence-corrected chi connectivity index (χ0v) is 9.75. The summed E-state index contributed by atoms with van der Waals surface area (Å²) in [7, 11) is 2.20. The van der Waals surface area contributed by atoms with Crippen molar-refractivity contribution in [2.75, 3.05) is 20.1 Å². The summed E-state index contributed by atoms with van der Waals surface area (Å²) in [6.07, 6.45) is 4.70.